The Hall–Kier alpha value is 0.250. The van der Waals surface area contributed by atoms with Crippen molar-refractivity contribution in [3.05, 3.63) is 21.1 Å². The Labute approximate surface area is 136 Å². The van der Waals surface area contributed by atoms with Crippen molar-refractivity contribution in [3.63, 3.8) is 0 Å². The minimum atomic E-state index is 0.160. The van der Waals surface area contributed by atoms with Crippen LogP contribution in [-0.2, 0) is 0 Å². The third kappa shape index (κ3) is 6.49. The predicted molar refractivity (Wildman–Crippen MR) is 90.0 cm³/mol. The first kappa shape index (κ1) is 17.3. The number of nitrogens with one attached hydrogen (secondary N) is 2. The maximum Gasteiger partial charge on any atom is 0.134 e. The molecule has 0 unspecified atom stereocenters. The van der Waals surface area contributed by atoms with Crippen molar-refractivity contribution >= 4 is 43.8 Å². The molecule has 0 aliphatic carbocycles. The monoisotopic (exact) mass is 410 g/mol. The summed E-state index contributed by atoms with van der Waals surface area (Å²) in [6.45, 7) is 8.32. The summed E-state index contributed by atoms with van der Waals surface area (Å²) >= 11 is 8.61. The minimum absolute atomic E-state index is 0.160. The summed E-state index contributed by atoms with van der Waals surface area (Å²) in [4.78, 5) is 1.11. The van der Waals surface area contributed by atoms with Crippen LogP contribution in [0.2, 0.25) is 0 Å². The molecule has 0 radical (unpaired) electrons. The van der Waals surface area contributed by atoms with E-state index in [9.17, 15) is 0 Å². The molecule has 0 aliphatic heterocycles. The average Bonchev–Trinajstić information content (AvgIpc) is 2.29. The van der Waals surface area contributed by atoms with Gasteiger partial charge in [-0.15, -0.1) is 0 Å². The molecule has 1 aromatic rings. The van der Waals surface area contributed by atoms with Gasteiger partial charge in [-0.25, -0.2) is 0 Å². The van der Waals surface area contributed by atoms with E-state index in [0.29, 0.717) is 0 Å². The summed E-state index contributed by atoms with van der Waals surface area (Å²) in [7, 11) is 1.67. The number of hydrogen-bond donors (Lipinski definition) is 2. The van der Waals surface area contributed by atoms with Crippen LogP contribution in [0.1, 0.15) is 20.8 Å². The van der Waals surface area contributed by atoms with E-state index >= 15 is 0 Å². The predicted octanol–water partition coefficient (Wildman–Crippen LogP) is 4.21. The molecule has 0 spiro atoms. The van der Waals surface area contributed by atoms with E-state index in [4.69, 9.17) is 4.74 Å². The molecule has 6 heteroatoms. The van der Waals surface area contributed by atoms with Crippen LogP contribution in [0.4, 0.5) is 0 Å². The zero-order valence-electron chi connectivity index (χ0n) is 11.6. The van der Waals surface area contributed by atoms with Crippen molar-refractivity contribution < 1.29 is 4.74 Å². The number of rotatable bonds is 6. The highest BCUT2D eigenvalue weighted by Crippen LogP contribution is 2.35. The van der Waals surface area contributed by atoms with Gasteiger partial charge in [0.15, 0.2) is 0 Å². The summed E-state index contributed by atoms with van der Waals surface area (Å²) in [5.74, 6) is 0.834. The highest BCUT2D eigenvalue weighted by Gasteiger charge is 2.09. The maximum absolute atomic E-state index is 5.29. The fraction of sp³-hybridized carbons (Fsp3) is 0.538. The van der Waals surface area contributed by atoms with Crippen LogP contribution in [0.3, 0.4) is 0 Å². The average molecular weight is 412 g/mol. The summed E-state index contributed by atoms with van der Waals surface area (Å²) in [6, 6.07) is 4.00. The largest absolute Gasteiger partial charge is 0.496 e. The third-order valence-electron chi connectivity index (χ3n) is 2.27. The van der Waals surface area contributed by atoms with E-state index in [-0.39, 0.29) is 5.54 Å². The highest BCUT2D eigenvalue weighted by molar-refractivity contribution is 9.11. The molecule has 0 amide bonds. The lowest BCUT2D eigenvalue weighted by Gasteiger charge is -2.20. The van der Waals surface area contributed by atoms with Gasteiger partial charge in [0.25, 0.3) is 0 Å². The molecule has 0 aliphatic rings. The molecule has 1 aromatic carbocycles. The van der Waals surface area contributed by atoms with Gasteiger partial charge >= 0.3 is 0 Å². The number of hydrogen-bond acceptors (Lipinski definition) is 4. The Bertz CT molecular complexity index is 422. The van der Waals surface area contributed by atoms with Gasteiger partial charge in [-0.1, -0.05) is 0 Å². The first-order chi connectivity index (χ1) is 8.83. The maximum atomic E-state index is 5.29. The lowest BCUT2D eigenvalue weighted by atomic mass is 10.1. The van der Waals surface area contributed by atoms with Crippen molar-refractivity contribution in [1.82, 2.24) is 10.0 Å². The van der Waals surface area contributed by atoms with Crippen LogP contribution in [0, 0.1) is 0 Å². The van der Waals surface area contributed by atoms with Crippen LogP contribution >= 0.6 is 43.8 Å². The Morgan fingerprint density at radius 2 is 1.84 bits per heavy atom. The minimum Gasteiger partial charge on any atom is -0.496 e. The van der Waals surface area contributed by atoms with Gasteiger partial charge in [0.1, 0.15) is 5.75 Å². The molecule has 0 heterocycles. The molecular weight excluding hydrogens is 392 g/mol. The first-order valence-corrected chi connectivity index (χ1v) is 8.41. The second-order valence-electron chi connectivity index (χ2n) is 5.09. The quantitative estimate of drug-likeness (QED) is 0.542. The second kappa shape index (κ2) is 7.88. The first-order valence-electron chi connectivity index (χ1n) is 6.01. The van der Waals surface area contributed by atoms with Gasteiger partial charge < -0.3 is 10.1 Å². The Morgan fingerprint density at radius 3 is 2.42 bits per heavy atom. The van der Waals surface area contributed by atoms with Crippen LogP contribution in [-0.4, -0.2) is 25.7 Å². The van der Waals surface area contributed by atoms with E-state index < -0.39 is 0 Å². The molecule has 1 rings (SSSR count). The molecule has 0 fully saturated rings. The lowest BCUT2D eigenvalue weighted by molar-refractivity contribution is 0.411. The van der Waals surface area contributed by atoms with Gasteiger partial charge in [-0.3, -0.25) is 4.72 Å². The van der Waals surface area contributed by atoms with Gasteiger partial charge in [-0.2, -0.15) is 0 Å². The summed E-state index contributed by atoms with van der Waals surface area (Å²) in [5, 5.41) is 3.43. The molecule has 0 saturated carbocycles. The van der Waals surface area contributed by atoms with Crippen molar-refractivity contribution in [2.75, 3.05) is 20.2 Å². The molecule has 0 bridgehead atoms. The molecule has 19 heavy (non-hydrogen) atoms. The van der Waals surface area contributed by atoms with Crippen molar-refractivity contribution in [2.45, 2.75) is 31.2 Å². The normalized spacial score (nSPS) is 11.7. The Kier molecular flexibility index (Phi) is 7.18. The smallest absolute Gasteiger partial charge is 0.134 e. The van der Waals surface area contributed by atoms with Crippen LogP contribution in [0.15, 0.2) is 26.0 Å². The number of ether oxygens (including phenoxy) is 1. The molecule has 0 atom stereocenters. The van der Waals surface area contributed by atoms with Gasteiger partial charge in [0.2, 0.25) is 0 Å². The highest BCUT2D eigenvalue weighted by atomic mass is 79.9. The fourth-order valence-electron chi connectivity index (χ4n) is 1.36. The van der Waals surface area contributed by atoms with Crippen molar-refractivity contribution in [1.29, 1.82) is 0 Å². The Balaban J connectivity index is 2.45. The third-order valence-corrected chi connectivity index (χ3v) is 4.72. The van der Waals surface area contributed by atoms with E-state index in [1.807, 2.05) is 12.1 Å². The zero-order valence-corrected chi connectivity index (χ0v) is 15.6. The molecule has 0 aromatic heterocycles. The topological polar surface area (TPSA) is 33.3 Å². The number of methoxy groups -OCH3 is 1. The SMILES string of the molecule is COc1cc(SNCCNC(C)(C)C)c(Br)cc1Br. The van der Waals surface area contributed by atoms with Crippen molar-refractivity contribution in [3.8, 4) is 5.75 Å². The number of halogens is 2. The van der Waals surface area contributed by atoms with Gasteiger partial charge in [-0.05, 0) is 76.7 Å². The van der Waals surface area contributed by atoms with Crippen LogP contribution < -0.4 is 14.8 Å². The van der Waals surface area contributed by atoms with Crippen LogP contribution in [0.5, 0.6) is 5.75 Å². The standard InChI is InChI=1S/C13H20Br2N2OS/c1-13(2,3)16-5-6-17-19-12-8-11(18-4)9(14)7-10(12)15/h7-8,16-17H,5-6H2,1-4H3. The van der Waals surface area contributed by atoms with Crippen LogP contribution in [0.25, 0.3) is 0 Å². The zero-order chi connectivity index (χ0) is 14.5. The molecular formula is C13H20Br2N2OS. The second-order valence-corrected chi connectivity index (χ2v) is 7.73. The molecule has 3 nitrogen and oxygen atoms in total. The van der Waals surface area contributed by atoms with Crippen molar-refractivity contribution in [2.24, 2.45) is 0 Å². The van der Waals surface area contributed by atoms with E-state index in [1.165, 1.54) is 0 Å². The van der Waals surface area contributed by atoms with E-state index in [1.54, 1.807) is 19.1 Å². The molecule has 108 valence electrons. The molecule has 2 N–H and O–H groups in total. The summed E-state index contributed by atoms with van der Waals surface area (Å²) in [5.41, 5.74) is 0.160. The number of benzene rings is 1. The van der Waals surface area contributed by atoms with Gasteiger partial charge in [0.05, 0.1) is 11.6 Å². The van der Waals surface area contributed by atoms with E-state index in [0.717, 1.165) is 32.7 Å². The lowest BCUT2D eigenvalue weighted by Crippen LogP contribution is -2.39. The summed E-state index contributed by atoms with van der Waals surface area (Å²) < 4.78 is 10.6. The molecule has 0 saturated heterocycles. The fourth-order valence-corrected chi connectivity index (χ4v) is 3.44. The van der Waals surface area contributed by atoms with E-state index in [2.05, 4.69) is 62.7 Å². The summed E-state index contributed by atoms with van der Waals surface area (Å²) in [6.07, 6.45) is 0. The Morgan fingerprint density at radius 1 is 1.16 bits per heavy atom. The van der Waals surface area contributed by atoms with Gasteiger partial charge in [0, 0.05) is 28.0 Å².